The summed E-state index contributed by atoms with van der Waals surface area (Å²) in [4.78, 5) is 3.20. The summed E-state index contributed by atoms with van der Waals surface area (Å²) in [6.07, 6.45) is 6.24. The summed E-state index contributed by atoms with van der Waals surface area (Å²) < 4.78 is 13.2. The lowest BCUT2D eigenvalue weighted by molar-refractivity contribution is 0.629. The van der Waals surface area contributed by atoms with Gasteiger partial charge in [-0.15, -0.1) is 0 Å². The molecule has 0 saturated carbocycles. The van der Waals surface area contributed by atoms with Gasteiger partial charge in [-0.1, -0.05) is 11.6 Å². The number of rotatable bonds is 2. The summed E-state index contributed by atoms with van der Waals surface area (Å²) in [5, 5.41) is 4.30. The Morgan fingerprint density at radius 3 is 3.06 bits per heavy atom. The quantitative estimate of drug-likeness (QED) is 0.763. The lowest BCUT2D eigenvalue weighted by Gasteiger charge is -2.13. The first kappa shape index (κ1) is 10.5. The third-order valence-electron chi connectivity index (χ3n) is 3.30. The lowest BCUT2D eigenvalue weighted by Crippen LogP contribution is -2.21. The fraction of sp³-hybridized carbons (Fsp3) is 0.286. The molecule has 88 valence electrons. The number of aromatic nitrogens is 1. The van der Waals surface area contributed by atoms with Crippen LogP contribution in [0.3, 0.4) is 0 Å². The van der Waals surface area contributed by atoms with E-state index in [1.807, 2.05) is 6.20 Å². The summed E-state index contributed by atoms with van der Waals surface area (Å²) in [6, 6.07) is 4.90. The van der Waals surface area contributed by atoms with Crippen LogP contribution < -0.4 is 5.32 Å². The van der Waals surface area contributed by atoms with E-state index >= 15 is 0 Å². The minimum atomic E-state index is -0.169. The number of halogens is 1. The topological polar surface area (TPSA) is 27.8 Å². The van der Waals surface area contributed by atoms with E-state index in [1.165, 1.54) is 17.2 Å². The number of aromatic amines is 1. The molecule has 1 aliphatic rings. The van der Waals surface area contributed by atoms with E-state index in [0.29, 0.717) is 0 Å². The lowest BCUT2D eigenvalue weighted by atomic mass is 10.00. The minimum Gasteiger partial charge on any atom is -0.361 e. The van der Waals surface area contributed by atoms with Crippen LogP contribution in [-0.2, 0) is 6.42 Å². The van der Waals surface area contributed by atoms with E-state index in [2.05, 4.69) is 16.4 Å². The van der Waals surface area contributed by atoms with Gasteiger partial charge in [0.2, 0.25) is 0 Å². The van der Waals surface area contributed by atoms with E-state index in [9.17, 15) is 4.39 Å². The molecule has 0 saturated heterocycles. The average Bonchev–Trinajstić information content (AvgIpc) is 2.73. The highest BCUT2D eigenvalue weighted by atomic mass is 19.1. The second-order valence-corrected chi connectivity index (χ2v) is 4.50. The van der Waals surface area contributed by atoms with Crippen molar-refractivity contribution in [1.29, 1.82) is 0 Å². The molecule has 0 spiro atoms. The highest BCUT2D eigenvalue weighted by Crippen LogP contribution is 2.23. The van der Waals surface area contributed by atoms with E-state index in [4.69, 9.17) is 0 Å². The van der Waals surface area contributed by atoms with Crippen molar-refractivity contribution in [2.75, 3.05) is 13.1 Å². The molecular weight excluding hydrogens is 215 g/mol. The first-order valence-corrected chi connectivity index (χ1v) is 5.97. The summed E-state index contributed by atoms with van der Waals surface area (Å²) in [5.41, 5.74) is 3.64. The van der Waals surface area contributed by atoms with Gasteiger partial charge < -0.3 is 10.3 Å². The monoisotopic (exact) mass is 230 g/mol. The Hall–Kier alpha value is -1.61. The van der Waals surface area contributed by atoms with Crippen LogP contribution in [0.4, 0.5) is 4.39 Å². The number of hydrogen-bond donors (Lipinski definition) is 2. The molecular formula is C14H15FN2. The van der Waals surface area contributed by atoms with Crippen molar-refractivity contribution >= 4 is 10.9 Å². The number of hydrogen-bond acceptors (Lipinski definition) is 1. The number of H-pyrrole nitrogens is 1. The van der Waals surface area contributed by atoms with Crippen molar-refractivity contribution in [2.24, 2.45) is 0 Å². The van der Waals surface area contributed by atoms with Crippen molar-refractivity contribution in [3.63, 3.8) is 0 Å². The Labute approximate surface area is 99.5 Å². The van der Waals surface area contributed by atoms with Gasteiger partial charge in [-0.3, -0.25) is 0 Å². The van der Waals surface area contributed by atoms with Crippen LogP contribution in [0.5, 0.6) is 0 Å². The van der Waals surface area contributed by atoms with Crippen LogP contribution in [0, 0.1) is 5.82 Å². The minimum absolute atomic E-state index is 0.169. The van der Waals surface area contributed by atoms with Crippen LogP contribution >= 0.6 is 0 Å². The van der Waals surface area contributed by atoms with Crippen molar-refractivity contribution in [3.05, 3.63) is 47.4 Å². The summed E-state index contributed by atoms with van der Waals surface area (Å²) in [7, 11) is 0. The number of fused-ring (bicyclic) bond motifs is 1. The molecule has 1 aromatic carbocycles. The smallest absolute Gasteiger partial charge is 0.123 e. The molecule has 2 N–H and O–H groups in total. The van der Waals surface area contributed by atoms with Crippen molar-refractivity contribution in [1.82, 2.24) is 10.3 Å². The largest absolute Gasteiger partial charge is 0.361 e. The van der Waals surface area contributed by atoms with E-state index in [-0.39, 0.29) is 5.82 Å². The SMILES string of the molecule is Fc1ccc2[nH]cc(CC3=CCNCC3)c2c1. The second kappa shape index (κ2) is 4.34. The Bertz CT molecular complexity index is 569. The Morgan fingerprint density at radius 1 is 1.29 bits per heavy atom. The molecule has 17 heavy (non-hydrogen) atoms. The molecule has 3 heteroatoms. The van der Waals surface area contributed by atoms with Crippen LogP contribution in [0.15, 0.2) is 36.0 Å². The zero-order valence-corrected chi connectivity index (χ0v) is 9.59. The molecule has 0 amide bonds. The second-order valence-electron chi connectivity index (χ2n) is 4.50. The zero-order valence-electron chi connectivity index (χ0n) is 9.59. The van der Waals surface area contributed by atoms with Gasteiger partial charge in [0.15, 0.2) is 0 Å². The van der Waals surface area contributed by atoms with Crippen molar-refractivity contribution in [2.45, 2.75) is 12.8 Å². The van der Waals surface area contributed by atoms with Crippen LogP contribution in [-0.4, -0.2) is 18.1 Å². The first-order chi connectivity index (χ1) is 8.33. The maximum atomic E-state index is 13.2. The van der Waals surface area contributed by atoms with Gasteiger partial charge in [-0.25, -0.2) is 4.39 Å². The van der Waals surface area contributed by atoms with Gasteiger partial charge in [0.1, 0.15) is 5.82 Å². The Kier molecular flexibility index (Phi) is 2.69. The third-order valence-corrected chi connectivity index (χ3v) is 3.30. The Balaban J connectivity index is 1.94. The normalized spacial score (nSPS) is 16.2. The van der Waals surface area contributed by atoms with Crippen LogP contribution in [0.25, 0.3) is 10.9 Å². The van der Waals surface area contributed by atoms with Gasteiger partial charge in [-0.05, 0) is 43.1 Å². The van der Waals surface area contributed by atoms with E-state index < -0.39 is 0 Å². The molecule has 0 bridgehead atoms. The van der Waals surface area contributed by atoms with Crippen molar-refractivity contribution in [3.8, 4) is 0 Å². The zero-order chi connectivity index (χ0) is 11.7. The standard InChI is InChI=1S/C14H15FN2/c15-12-1-2-14-13(8-12)11(9-17-14)7-10-3-5-16-6-4-10/h1-3,8-9,16-17H,4-7H2. The molecule has 2 aromatic rings. The summed E-state index contributed by atoms with van der Waals surface area (Å²) in [6.45, 7) is 1.99. The average molecular weight is 230 g/mol. The van der Waals surface area contributed by atoms with Crippen molar-refractivity contribution < 1.29 is 4.39 Å². The van der Waals surface area contributed by atoms with Crippen LogP contribution in [0.1, 0.15) is 12.0 Å². The maximum absolute atomic E-state index is 13.2. The highest BCUT2D eigenvalue weighted by molar-refractivity contribution is 5.83. The molecule has 2 nitrogen and oxygen atoms in total. The fourth-order valence-corrected chi connectivity index (χ4v) is 2.37. The predicted octanol–water partition coefficient (Wildman–Crippen LogP) is 2.77. The van der Waals surface area contributed by atoms with Gasteiger partial charge in [0.25, 0.3) is 0 Å². The molecule has 0 fully saturated rings. The van der Waals surface area contributed by atoms with Gasteiger partial charge in [0, 0.05) is 23.6 Å². The molecule has 1 aromatic heterocycles. The van der Waals surface area contributed by atoms with Gasteiger partial charge in [-0.2, -0.15) is 0 Å². The number of nitrogens with one attached hydrogen (secondary N) is 2. The predicted molar refractivity (Wildman–Crippen MR) is 67.5 cm³/mol. The maximum Gasteiger partial charge on any atom is 0.123 e. The number of benzene rings is 1. The molecule has 0 aliphatic carbocycles. The highest BCUT2D eigenvalue weighted by Gasteiger charge is 2.08. The first-order valence-electron chi connectivity index (χ1n) is 5.97. The van der Waals surface area contributed by atoms with E-state index in [1.54, 1.807) is 12.1 Å². The molecule has 1 aliphatic heterocycles. The van der Waals surface area contributed by atoms with E-state index in [0.717, 1.165) is 36.8 Å². The fourth-order valence-electron chi connectivity index (χ4n) is 2.37. The molecule has 0 atom stereocenters. The third kappa shape index (κ3) is 2.11. The summed E-state index contributed by atoms with van der Waals surface area (Å²) >= 11 is 0. The molecule has 3 rings (SSSR count). The molecule has 0 unspecified atom stereocenters. The van der Waals surface area contributed by atoms with Gasteiger partial charge in [0.05, 0.1) is 0 Å². The molecule has 0 radical (unpaired) electrons. The van der Waals surface area contributed by atoms with Gasteiger partial charge >= 0.3 is 0 Å². The summed E-state index contributed by atoms with van der Waals surface area (Å²) in [5.74, 6) is -0.169. The Morgan fingerprint density at radius 2 is 2.24 bits per heavy atom. The molecule has 2 heterocycles. The van der Waals surface area contributed by atoms with Crippen LogP contribution in [0.2, 0.25) is 0 Å².